The highest BCUT2D eigenvalue weighted by Crippen LogP contribution is 2.07. The van der Waals surface area contributed by atoms with Crippen molar-refractivity contribution in [3.63, 3.8) is 0 Å². The molecule has 1 fully saturated rings. The van der Waals surface area contributed by atoms with Crippen LogP contribution in [0.25, 0.3) is 0 Å². The van der Waals surface area contributed by atoms with E-state index < -0.39 is 23.9 Å². The molecular formula is C13H22N2O6. The molecule has 0 aromatic rings. The largest absolute Gasteiger partial charge is 0.480 e. The van der Waals surface area contributed by atoms with Gasteiger partial charge in [0.15, 0.2) is 0 Å². The second-order valence-electron chi connectivity index (χ2n) is 4.83. The fraction of sp³-hybridized carbons (Fsp3) is 0.769. The Kier molecular flexibility index (Phi) is 7.70. The Morgan fingerprint density at radius 1 is 1.33 bits per heavy atom. The minimum atomic E-state index is -1.19. The molecule has 1 heterocycles. The van der Waals surface area contributed by atoms with Gasteiger partial charge >= 0.3 is 11.9 Å². The summed E-state index contributed by atoms with van der Waals surface area (Å²) in [6.07, 6.45) is 1.61. The van der Waals surface area contributed by atoms with Crippen molar-refractivity contribution < 1.29 is 29.0 Å². The second-order valence-corrected chi connectivity index (χ2v) is 4.83. The lowest BCUT2D eigenvalue weighted by Gasteiger charge is -2.23. The van der Waals surface area contributed by atoms with Gasteiger partial charge in [-0.25, -0.2) is 4.79 Å². The van der Waals surface area contributed by atoms with Gasteiger partial charge in [0.2, 0.25) is 5.91 Å². The fourth-order valence-electron chi connectivity index (χ4n) is 2.01. The standard InChI is InChI=1S/C13H22N2O6/c1-20-12(17)3-2-10(13(18)19)15-11(16)8-21-9-4-6-14-7-5-9/h9-10,14H,2-8H2,1H3,(H,15,16)(H,18,19)/t10-/m1/s1. The van der Waals surface area contributed by atoms with Crippen LogP contribution in [0.1, 0.15) is 25.7 Å². The summed E-state index contributed by atoms with van der Waals surface area (Å²) in [4.78, 5) is 33.7. The van der Waals surface area contributed by atoms with E-state index in [0.29, 0.717) is 0 Å². The lowest BCUT2D eigenvalue weighted by molar-refractivity contribution is -0.145. The third-order valence-electron chi connectivity index (χ3n) is 3.23. The van der Waals surface area contributed by atoms with Crippen molar-refractivity contribution >= 4 is 17.8 Å². The molecule has 1 atom stereocenters. The summed E-state index contributed by atoms with van der Waals surface area (Å²) in [7, 11) is 1.23. The lowest BCUT2D eigenvalue weighted by Crippen LogP contribution is -2.43. The number of methoxy groups -OCH3 is 1. The number of aliphatic carboxylic acids is 1. The highest BCUT2D eigenvalue weighted by Gasteiger charge is 2.22. The molecule has 0 unspecified atom stereocenters. The lowest BCUT2D eigenvalue weighted by atomic mass is 10.1. The van der Waals surface area contributed by atoms with E-state index in [4.69, 9.17) is 9.84 Å². The molecule has 0 radical (unpaired) electrons. The Bertz CT molecular complexity index is 368. The van der Waals surface area contributed by atoms with Crippen molar-refractivity contribution in [2.45, 2.75) is 37.8 Å². The Labute approximate surface area is 123 Å². The SMILES string of the molecule is COC(=O)CC[C@@H](NC(=O)COC1CCNCC1)C(=O)O. The van der Waals surface area contributed by atoms with Crippen molar-refractivity contribution in [3.05, 3.63) is 0 Å². The van der Waals surface area contributed by atoms with Gasteiger partial charge in [-0.05, 0) is 32.4 Å². The van der Waals surface area contributed by atoms with Gasteiger partial charge < -0.3 is 25.2 Å². The van der Waals surface area contributed by atoms with Gasteiger partial charge in [0, 0.05) is 6.42 Å². The molecule has 1 amide bonds. The molecule has 8 nitrogen and oxygen atoms in total. The average Bonchev–Trinajstić information content (AvgIpc) is 2.49. The van der Waals surface area contributed by atoms with E-state index in [0.717, 1.165) is 25.9 Å². The molecule has 0 saturated carbocycles. The van der Waals surface area contributed by atoms with E-state index in [-0.39, 0.29) is 25.6 Å². The number of piperidine rings is 1. The van der Waals surface area contributed by atoms with Gasteiger partial charge in [0.25, 0.3) is 0 Å². The van der Waals surface area contributed by atoms with Crippen molar-refractivity contribution in [2.75, 3.05) is 26.8 Å². The summed E-state index contributed by atoms with van der Waals surface area (Å²) in [6, 6.07) is -1.12. The molecule has 1 rings (SSSR count). The third kappa shape index (κ3) is 7.05. The number of hydrogen-bond donors (Lipinski definition) is 3. The molecule has 1 aliphatic rings. The number of amides is 1. The molecule has 8 heteroatoms. The normalized spacial score (nSPS) is 17.0. The summed E-state index contributed by atoms with van der Waals surface area (Å²) in [6.45, 7) is 1.53. The summed E-state index contributed by atoms with van der Waals surface area (Å²) in [5, 5.41) is 14.5. The quantitative estimate of drug-likeness (QED) is 0.507. The van der Waals surface area contributed by atoms with Crippen LogP contribution in [-0.2, 0) is 23.9 Å². The molecule has 120 valence electrons. The van der Waals surface area contributed by atoms with Crippen molar-refractivity contribution in [2.24, 2.45) is 0 Å². The minimum Gasteiger partial charge on any atom is -0.480 e. The monoisotopic (exact) mass is 302 g/mol. The Morgan fingerprint density at radius 2 is 2.00 bits per heavy atom. The molecule has 0 aromatic carbocycles. The summed E-state index contributed by atoms with van der Waals surface area (Å²) < 4.78 is 9.87. The van der Waals surface area contributed by atoms with Crippen LogP contribution in [0.15, 0.2) is 0 Å². The van der Waals surface area contributed by atoms with Gasteiger partial charge in [-0.3, -0.25) is 9.59 Å². The molecule has 1 aliphatic heterocycles. The van der Waals surface area contributed by atoms with Crippen LogP contribution in [0, 0.1) is 0 Å². The molecular weight excluding hydrogens is 280 g/mol. The smallest absolute Gasteiger partial charge is 0.326 e. The van der Waals surface area contributed by atoms with Crippen molar-refractivity contribution in [3.8, 4) is 0 Å². The maximum absolute atomic E-state index is 11.7. The van der Waals surface area contributed by atoms with E-state index in [9.17, 15) is 14.4 Å². The first kappa shape index (κ1) is 17.4. The Morgan fingerprint density at radius 3 is 2.57 bits per heavy atom. The fourth-order valence-corrected chi connectivity index (χ4v) is 2.01. The number of carbonyl (C=O) groups excluding carboxylic acids is 2. The van der Waals surface area contributed by atoms with E-state index >= 15 is 0 Å². The van der Waals surface area contributed by atoms with Crippen LogP contribution in [0.3, 0.4) is 0 Å². The second kappa shape index (κ2) is 9.30. The Balaban J connectivity index is 2.30. The van der Waals surface area contributed by atoms with Crippen LogP contribution in [-0.4, -0.2) is 61.9 Å². The number of nitrogens with one attached hydrogen (secondary N) is 2. The van der Waals surface area contributed by atoms with Crippen LogP contribution < -0.4 is 10.6 Å². The summed E-state index contributed by atoms with van der Waals surface area (Å²) in [5.41, 5.74) is 0. The molecule has 0 aromatic heterocycles. The molecule has 3 N–H and O–H groups in total. The van der Waals surface area contributed by atoms with Gasteiger partial charge in [-0.2, -0.15) is 0 Å². The first-order valence-electron chi connectivity index (χ1n) is 6.94. The highest BCUT2D eigenvalue weighted by molar-refractivity contribution is 5.84. The summed E-state index contributed by atoms with van der Waals surface area (Å²) >= 11 is 0. The predicted octanol–water partition coefficient (Wildman–Crippen LogP) is -0.722. The maximum atomic E-state index is 11.7. The highest BCUT2D eigenvalue weighted by atomic mass is 16.5. The number of rotatable bonds is 8. The van der Waals surface area contributed by atoms with E-state index in [1.165, 1.54) is 7.11 Å². The number of ether oxygens (including phenoxy) is 2. The predicted molar refractivity (Wildman–Crippen MR) is 72.7 cm³/mol. The number of carboxylic acids is 1. The zero-order valence-electron chi connectivity index (χ0n) is 12.1. The van der Waals surface area contributed by atoms with Crippen LogP contribution in [0.2, 0.25) is 0 Å². The maximum Gasteiger partial charge on any atom is 0.326 e. The van der Waals surface area contributed by atoms with Gasteiger partial charge in [0.1, 0.15) is 12.6 Å². The van der Waals surface area contributed by atoms with Crippen molar-refractivity contribution in [1.82, 2.24) is 10.6 Å². The van der Waals surface area contributed by atoms with Gasteiger partial charge in [-0.1, -0.05) is 0 Å². The van der Waals surface area contributed by atoms with Crippen LogP contribution in [0.5, 0.6) is 0 Å². The minimum absolute atomic E-state index is 0.0128. The summed E-state index contributed by atoms with van der Waals surface area (Å²) in [5.74, 6) is -2.19. The van der Waals surface area contributed by atoms with Crippen LogP contribution in [0.4, 0.5) is 0 Å². The first-order chi connectivity index (χ1) is 10.0. The molecule has 1 saturated heterocycles. The Hall–Kier alpha value is -1.67. The molecule has 0 spiro atoms. The van der Waals surface area contributed by atoms with Gasteiger partial charge in [-0.15, -0.1) is 0 Å². The van der Waals surface area contributed by atoms with Crippen molar-refractivity contribution in [1.29, 1.82) is 0 Å². The molecule has 0 aliphatic carbocycles. The number of hydrogen-bond acceptors (Lipinski definition) is 6. The number of carbonyl (C=O) groups is 3. The van der Waals surface area contributed by atoms with Crippen LogP contribution >= 0.6 is 0 Å². The molecule has 21 heavy (non-hydrogen) atoms. The first-order valence-corrected chi connectivity index (χ1v) is 6.94. The third-order valence-corrected chi connectivity index (χ3v) is 3.23. The zero-order valence-corrected chi connectivity index (χ0v) is 12.1. The average molecular weight is 302 g/mol. The molecule has 0 bridgehead atoms. The number of carboxylic acid groups (broad SMARTS) is 1. The number of esters is 1. The zero-order chi connectivity index (χ0) is 15.7. The topological polar surface area (TPSA) is 114 Å². The van der Waals surface area contributed by atoms with Gasteiger partial charge in [0.05, 0.1) is 13.2 Å². The van der Waals surface area contributed by atoms with E-state index in [2.05, 4.69) is 15.4 Å². The van der Waals surface area contributed by atoms with E-state index in [1.807, 2.05) is 0 Å². The van der Waals surface area contributed by atoms with E-state index in [1.54, 1.807) is 0 Å².